The van der Waals surface area contributed by atoms with Gasteiger partial charge in [0.2, 0.25) is 5.91 Å². The lowest BCUT2D eigenvalue weighted by Gasteiger charge is -1.90. The minimum absolute atomic E-state index is 0. The molecule has 0 aliphatic rings. The molecule has 0 aliphatic carbocycles. The molecule has 0 rings (SSSR count). The first kappa shape index (κ1) is 16.2. The fraction of sp³-hybridized carbons (Fsp3) is 0.500. The second-order valence-corrected chi connectivity index (χ2v) is 1.95. The van der Waals surface area contributed by atoms with Gasteiger partial charge in [0.1, 0.15) is 0 Å². The summed E-state index contributed by atoms with van der Waals surface area (Å²) in [5, 5.41) is 0. The smallest absolute Gasteiger partial charge is 0.240 e. The minimum atomic E-state index is -0.481. The predicted octanol–water partition coefficient (Wildman–Crippen LogP) is 0.257. The van der Waals surface area contributed by atoms with Crippen LogP contribution in [0.2, 0.25) is 0 Å². The van der Waals surface area contributed by atoms with E-state index in [1.807, 2.05) is 26.0 Å². The van der Waals surface area contributed by atoms with Crippen LogP contribution in [-0.4, -0.2) is 32.0 Å². The third-order valence-electron chi connectivity index (χ3n) is 0.201. The second-order valence-electron chi connectivity index (χ2n) is 1.95. The molecule has 0 bridgehead atoms. The zero-order chi connectivity index (χ0) is 7.86. The number of primary amides is 1. The molecule has 0 atom stereocenters. The monoisotopic (exact) mass is 166 g/mol. The van der Waals surface area contributed by atoms with Gasteiger partial charge in [-0.3, -0.25) is 4.79 Å². The van der Waals surface area contributed by atoms with Crippen LogP contribution in [0, 0.1) is 0 Å². The fourth-order valence-corrected chi connectivity index (χ4v) is 0. The molecule has 0 aromatic heterocycles. The van der Waals surface area contributed by atoms with Crippen molar-refractivity contribution in [3.63, 3.8) is 0 Å². The van der Waals surface area contributed by atoms with E-state index in [1.165, 1.54) is 0 Å². The Bertz CT molecular complexity index is 91.0. The van der Waals surface area contributed by atoms with Crippen molar-refractivity contribution in [2.24, 2.45) is 5.73 Å². The molecule has 0 saturated carbocycles. The molecule has 0 spiro atoms. The van der Waals surface area contributed by atoms with Gasteiger partial charge in [-0.2, -0.15) is 0 Å². The topological polar surface area (TPSA) is 46.3 Å². The van der Waals surface area contributed by atoms with E-state index < -0.39 is 5.91 Å². The van der Waals surface area contributed by atoms with Gasteiger partial charge in [0.15, 0.2) is 0 Å². The molecule has 0 heterocycles. The summed E-state index contributed by atoms with van der Waals surface area (Å²) in [5.74, 6) is -0.481. The maximum Gasteiger partial charge on any atom is 0.240 e. The standard InChI is InChI=1S/C3H5NO.C3H9N.ClH/c1-2-3(4)5;1-4(2)3;/h2H,1H2,(H2,4,5);1-3H3;1H. The summed E-state index contributed by atoms with van der Waals surface area (Å²) in [4.78, 5) is 11.5. The second kappa shape index (κ2) is 11.3. The Balaban J connectivity index is -0.0000000910. The third-order valence-corrected chi connectivity index (χ3v) is 0.201. The number of nitrogens with zero attached hydrogens (tertiary/aromatic N) is 1. The van der Waals surface area contributed by atoms with E-state index in [4.69, 9.17) is 0 Å². The Hall–Kier alpha value is -0.540. The van der Waals surface area contributed by atoms with Crippen LogP contribution >= 0.6 is 12.4 Å². The molecule has 0 aliphatic heterocycles. The van der Waals surface area contributed by atoms with E-state index in [0.717, 1.165) is 6.08 Å². The molecule has 0 radical (unpaired) electrons. The van der Waals surface area contributed by atoms with Gasteiger partial charge in [0.05, 0.1) is 0 Å². The third kappa shape index (κ3) is 146. The quantitative estimate of drug-likeness (QED) is 0.568. The molecule has 4 heteroatoms. The molecule has 1 amide bonds. The molecule has 0 saturated heterocycles. The number of rotatable bonds is 1. The molecule has 10 heavy (non-hydrogen) atoms. The molecule has 0 fully saturated rings. The minimum Gasteiger partial charge on any atom is -0.366 e. The Morgan fingerprint density at radius 1 is 1.50 bits per heavy atom. The van der Waals surface area contributed by atoms with Gasteiger partial charge < -0.3 is 10.6 Å². The summed E-state index contributed by atoms with van der Waals surface area (Å²) < 4.78 is 0. The first-order valence-corrected chi connectivity index (χ1v) is 2.53. The molecular weight excluding hydrogens is 152 g/mol. The van der Waals surface area contributed by atoms with Crippen LogP contribution in [0.4, 0.5) is 0 Å². The normalized spacial score (nSPS) is 6.80. The van der Waals surface area contributed by atoms with Gasteiger partial charge in [0.25, 0.3) is 0 Å². The van der Waals surface area contributed by atoms with Crippen LogP contribution in [0.3, 0.4) is 0 Å². The number of carbonyl (C=O) groups excluding carboxylic acids is 1. The van der Waals surface area contributed by atoms with Gasteiger partial charge in [-0.15, -0.1) is 12.4 Å². The van der Waals surface area contributed by atoms with E-state index in [2.05, 4.69) is 12.3 Å². The van der Waals surface area contributed by atoms with Gasteiger partial charge >= 0.3 is 0 Å². The lowest BCUT2D eigenvalue weighted by molar-refractivity contribution is -0.113. The van der Waals surface area contributed by atoms with Crippen molar-refractivity contribution < 1.29 is 4.79 Å². The van der Waals surface area contributed by atoms with E-state index in [9.17, 15) is 4.79 Å². The van der Waals surface area contributed by atoms with Gasteiger partial charge in [-0.05, 0) is 27.2 Å². The predicted molar refractivity (Wildman–Crippen MR) is 46.3 cm³/mol. The van der Waals surface area contributed by atoms with Crippen molar-refractivity contribution in [1.29, 1.82) is 0 Å². The summed E-state index contributed by atoms with van der Waals surface area (Å²) in [6.07, 6.45) is 1.06. The highest BCUT2D eigenvalue weighted by atomic mass is 35.5. The van der Waals surface area contributed by atoms with E-state index in [1.54, 1.807) is 0 Å². The average molecular weight is 167 g/mol. The first-order chi connectivity index (χ1) is 4.00. The van der Waals surface area contributed by atoms with E-state index in [-0.39, 0.29) is 12.4 Å². The Morgan fingerprint density at radius 2 is 1.60 bits per heavy atom. The Morgan fingerprint density at radius 3 is 1.60 bits per heavy atom. The van der Waals surface area contributed by atoms with E-state index in [0.29, 0.717) is 0 Å². The highest BCUT2D eigenvalue weighted by Gasteiger charge is 1.69. The number of amides is 1. The number of hydrogen-bond acceptors (Lipinski definition) is 2. The van der Waals surface area contributed by atoms with Crippen molar-refractivity contribution in [2.45, 2.75) is 0 Å². The van der Waals surface area contributed by atoms with Crippen molar-refractivity contribution in [3.8, 4) is 0 Å². The Kier molecular flexibility index (Phi) is 18.3. The number of halogens is 1. The Labute approximate surface area is 68.3 Å². The number of carbonyl (C=O) groups is 1. The van der Waals surface area contributed by atoms with E-state index >= 15 is 0 Å². The number of hydrogen-bond donors (Lipinski definition) is 1. The zero-order valence-corrected chi connectivity index (χ0v) is 7.44. The van der Waals surface area contributed by atoms with Crippen molar-refractivity contribution in [3.05, 3.63) is 12.7 Å². The van der Waals surface area contributed by atoms with Crippen LogP contribution in [0.5, 0.6) is 0 Å². The first-order valence-electron chi connectivity index (χ1n) is 2.53. The average Bonchev–Trinajstić information content (AvgIpc) is 1.65. The maximum atomic E-state index is 9.47. The van der Waals surface area contributed by atoms with Crippen LogP contribution in [-0.2, 0) is 4.79 Å². The molecule has 0 unspecified atom stereocenters. The highest BCUT2D eigenvalue weighted by Crippen LogP contribution is 1.48. The zero-order valence-electron chi connectivity index (χ0n) is 6.63. The lowest BCUT2D eigenvalue weighted by atomic mass is 10.6. The largest absolute Gasteiger partial charge is 0.366 e. The molecule has 0 aromatic rings. The highest BCUT2D eigenvalue weighted by molar-refractivity contribution is 5.85. The van der Waals surface area contributed by atoms with Gasteiger partial charge in [-0.25, -0.2) is 0 Å². The summed E-state index contributed by atoms with van der Waals surface area (Å²) >= 11 is 0. The summed E-state index contributed by atoms with van der Waals surface area (Å²) in [6.45, 7) is 3.09. The van der Waals surface area contributed by atoms with Crippen molar-refractivity contribution in [1.82, 2.24) is 4.90 Å². The SMILES string of the molecule is C=CC(N)=O.CN(C)C.Cl. The fourth-order valence-electron chi connectivity index (χ4n) is 0. The van der Waals surface area contributed by atoms with Crippen molar-refractivity contribution in [2.75, 3.05) is 21.1 Å². The molecular formula is C6H15ClN2O. The molecule has 62 valence electrons. The summed E-state index contributed by atoms with van der Waals surface area (Å²) in [6, 6.07) is 0. The number of nitrogens with two attached hydrogens (primary N) is 1. The van der Waals surface area contributed by atoms with Crippen LogP contribution in [0.25, 0.3) is 0 Å². The van der Waals surface area contributed by atoms with Crippen LogP contribution < -0.4 is 5.73 Å². The van der Waals surface area contributed by atoms with Crippen LogP contribution in [0.1, 0.15) is 0 Å². The molecule has 2 N–H and O–H groups in total. The summed E-state index contributed by atoms with van der Waals surface area (Å²) in [7, 11) is 6.00. The van der Waals surface area contributed by atoms with Crippen LogP contribution in [0.15, 0.2) is 12.7 Å². The molecule has 3 nitrogen and oxygen atoms in total. The maximum absolute atomic E-state index is 9.47. The van der Waals surface area contributed by atoms with Gasteiger partial charge in [0, 0.05) is 0 Å². The lowest BCUT2D eigenvalue weighted by Crippen LogP contribution is -2.04. The van der Waals surface area contributed by atoms with Gasteiger partial charge in [-0.1, -0.05) is 6.58 Å². The van der Waals surface area contributed by atoms with Crippen molar-refractivity contribution >= 4 is 18.3 Å². The summed E-state index contributed by atoms with van der Waals surface area (Å²) in [5.41, 5.74) is 4.53. The molecule has 0 aromatic carbocycles.